The average Bonchev–Trinajstić information content (AvgIpc) is 2.70. The number of methoxy groups -OCH3 is 1. The van der Waals surface area contributed by atoms with Crippen molar-refractivity contribution < 1.29 is 14.6 Å². The number of carbonyl (C=O) groups is 1. The summed E-state index contributed by atoms with van der Waals surface area (Å²) in [5, 5.41) is 9.93. The molecule has 3 N–H and O–H groups in total. The van der Waals surface area contributed by atoms with Gasteiger partial charge in [0.15, 0.2) is 4.77 Å². The lowest BCUT2D eigenvalue weighted by Gasteiger charge is -2.07. The van der Waals surface area contributed by atoms with Crippen LogP contribution in [0.5, 0.6) is 0 Å². The number of aromatic nitrogens is 2. The van der Waals surface area contributed by atoms with Crippen molar-refractivity contribution >= 4 is 18.2 Å². The average molecular weight is 425 g/mol. The maximum Gasteiger partial charge on any atom is 0.355 e. The second kappa shape index (κ2) is 15.2. The van der Waals surface area contributed by atoms with Gasteiger partial charge in [-0.2, -0.15) is 0 Å². The summed E-state index contributed by atoms with van der Waals surface area (Å²) in [7, 11) is 1.28. The van der Waals surface area contributed by atoms with Gasteiger partial charge < -0.3 is 14.8 Å². The summed E-state index contributed by atoms with van der Waals surface area (Å²) in [4.78, 5) is 29.2. The third-order valence-corrected chi connectivity index (χ3v) is 5.15. The van der Waals surface area contributed by atoms with Crippen molar-refractivity contribution in [2.45, 2.75) is 90.1 Å². The van der Waals surface area contributed by atoms with Crippen molar-refractivity contribution in [3.63, 3.8) is 0 Å². The summed E-state index contributed by atoms with van der Waals surface area (Å²) in [6, 6.07) is 0. The molecule has 0 aromatic carbocycles. The Labute approximate surface area is 178 Å². The van der Waals surface area contributed by atoms with E-state index in [0.29, 0.717) is 12.0 Å². The normalized spacial score (nSPS) is 12.4. The summed E-state index contributed by atoms with van der Waals surface area (Å²) in [6.45, 7) is 2.19. The highest BCUT2D eigenvalue weighted by Crippen LogP contribution is 2.11. The molecule has 1 atom stereocenters. The zero-order chi connectivity index (χ0) is 21.5. The largest absolute Gasteiger partial charge is 0.464 e. The van der Waals surface area contributed by atoms with Crippen molar-refractivity contribution in [1.82, 2.24) is 9.97 Å². The summed E-state index contributed by atoms with van der Waals surface area (Å²) in [6.07, 6.45) is 15.8. The number of hydrogen-bond donors (Lipinski definition) is 3. The van der Waals surface area contributed by atoms with E-state index in [9.17, 15) is 14.7 Å². The number of nitrogens with one attached hydrogen (secondary N) is 2. The van der Waals surface area contributed by atoms with Crippen molar-refractivity contribution in [2.24, 2.45) is 0 Å². The monoisotopic (exact) mass is 424 g/mol. The topological polar surface area (TPSA) is 95.2 Å². The zero-order valence-electron chi connectivity index (χ0n) is 17.8. The third-order valence-electron chi connectivity index (χ3n) is 4.94. The fourth-order valence-electron chi connectivity index (χ4n) is 3.24. The smallest absolute Gasteiger partial charge is 0.355 e. The highest BCUT2D eigenvalue weighted by Gasteiger charge is 2.15. The standard InChI is InChI=1S/C22H36N2O4S/c1-3-4-5-11-14-17(25)15-12-9-7-6-8-10-13-16-18-19(21(27)28-2)23-22(29)24-20(18)26/h9,12,17,25H,3-8,10-11,13-16H2,1-2H3,(H2,23,24,26,29). The molecule has 0 aliphatic carbocycles. The van der Waals surface area contributed by atoms with Gasteiger partial charge in [-0.05, 0) is 50.7 Å². The molecular weight excluding hydrogens is 388 g/mol. The maximum atomic E-state index is 12.1. The van der Waals surface area contributed by atoms with Gasteiger partial charge in [0.2, 0.25) is 0 Å². The van der Waals surface area contributed by atoms with Gasteiger partial charge in [0.05, 0.1) is 13.2 Å². The van der Waals surface area contributed by atoms with Crippen LogP contribution in [-0.2, 0) is 11.2 Å². The SMILES string of the molecule is CCCCCCC(O)CC=CCCCCCCc1c(C(=O)OC)[nH]c(=S)[nH]c1=O. The van der Waals surface area contributed by atoms with E-state index in [1.807, 2.05) is 0 Å². The van der Waals surface area contributed by atoms with Crippen molar-refractivity contribution in [2.75, 3.05) is 7.11 Å². The lowest BCUT2D eigenvalue weighted by atomic mass is 10.0. The Bertz CT molecular complexity index is 739. The molecule has 29 heavy (non-hydrogen) atoms. The number of allylic oxidation sites excluding steroid dienone is 1. The van der Waals surface area contributed by atoms with Gasteiger partial charge in [0.1, 0.15) is 5.69 Å². The summed E-state index contributed by atoms with van der Waals surface area (Å²) < 4.78 is 4.85. The maximum absolute atomic E-state index is 12.1. The molecule has 0 aliphatic rings. The van der Waals surface area contributed by atoms with Crippen LogP contribution in [0.15, 0.2) is 16.9 Å². The van der Waals surface area contributed by atoms with Gasteiger partial charge in [0.25, 0.3) is 5.56 Å². The molecule has 7 heteroatoms. The van der Waals surface area contributed by atoms with Crippen molar-refractivity contribution in [3.05, 3.63) is 38.5 Å². The molecule has 0 saturated heterocycles. The number of rotatable bonds is 15. The first kappa shape index (κ1) is 25.3. The minimum atomic E-state index is -0.574. The van der Waals surface area contributed by atoms with E-state index in [1.165, 1.54) is 26.4 Å². The number of aliphatic hydroxyl groups is 1. The first-order valence-electron chi connectivity index (χ1n) is 10.8. The Morgan fingerprint density at radius 2 is 1.83 bits per heavy atom. The molecule has 164 valence electrons. The Morgan fingerprint density at radius 3 is 2.55 bits per heavy atom. The van der Waals surface area contributed by atoms with E-state index in [1.54, 1.807) is 0 Å². The zero-order valence-corrected chi connectivity index (χ0v) is 18.6. The number of H-pyrrole nitrogens is 2. The van der Waals surface area contributed by atoms with Crippen LogP contribution in [0.3, 0.4) is 0 Å². The lowest BCUT2D eigenvalue weighted by molar-refractivity contribution is 0.0592. The molecule has 0 bridgehead atoms. The van der Waals surface area contributed by atoms with Crippen molar-refractivity contribution in [1.29, 1.82) is 0 Å². The van der Waals surface area contributed by atoms with Gasteiger partial charge in [-0.15, -0.1) is 0 Å². The van der Waals surface area contributed by atoms with Crippen LogP contribution in [0.4, 0.5) is 0 Å². The van der Waals surface area contributed by atoms with Crippen LogP contribution in [0.2, 0.25) is 0 Å². The highest BCUT2D eigenvalue weighted by molar-refractivity contribution is 7.71. The van der Waals surface area contributed by atoms with Gasteiger partial charge in [-0.3, -0.25) is 9.78 Å². The second-order valence-corrected chi connectivity index (χ2v) is 7.82. The Hall–Kier alpha value is -1.73. The number of unbranched alkanes of at least 4 members (excludes halogenated alkanes) is 7. The van der Waals surface area contributed by atoms with Gasteiger partial charge in [0, 0.05) is 5.56 Å². The molecular formula is C22H36N2O4S. The molecule has 0 aliphatic heterocycles. The summed E-state index contributed by atoms with van der Waals surface area (Å²) in [5.74, 6) is -0.574. The first-order valence-corrected chi connectivity index (χ1v) is 11.2. The number of esters is 1. The predicted octanol–water partition coefficient (Wildman–Crippen LogP) is 4.99. The van der Waals surface area contributed by atoms with E-state index in [4.69, 9.17) is 17.0 Å². The summed E-state index contributed by atoms with van der Waals surface area (Å²) >= 11 is 4.92. The number of aromatic amines is 2. The second-order valence-electron chi connectivity index (χ2n) is 7.42. The van der Waals surface area contributed by atoms with Crippen LogP contribution in [0.1, 0.15) is 93.6 Å². The van der Waals surface area contributed by atoms with Crippen molar-refractivity contribution in [3.8, 4) is 0 Å². The van der Waals surface area contributed by atoms with Crippen LogP contribution < -0.4 is 5.56 Å². The molecule has 1 heterocycles. The molecule has 1 rings (SSSR count). The quantitative estimate of drug-likeness (QED) is 0.160. The molecule has 1 aromatic heterocycles. The Morgan fingerprint density at radius 1 is 1.10 bits per heavy atom. The molecule has 0 amide bonds. The molecule has 0 spiro atoms. The van der Waals surface area contributed by atoms with E-state index in [2.05, 4.69) is 29.0 Å². The number of hydrogen-bond acceptors (Lipinski definition) is 5. The van der Waals surface area contributed by atoms with E-state index < -0.39 is 5.97 Å². The molecule has 6 nitrogen and oxygen atoms in total. The van der Waals surface area contributed by atoms with E-state index in [-0.39, 0.29) is 22.1 Å². The fraction of sp³-hybridized carbons (Fsp3) is 0.682. The molecule has 1 aromatic rings. The van der Waals surface area contributed by atoms with Crippen LogP contribution >= 0.6 is 12.2 Å². The minimum absolute atomic E-state index is 0.122. The third kappa shape index (κ3) is 10.6. The van der Waals surface area contributed by atoms with Crippen LogP contribution in [0.25, 0.3) is 0 Å². The number of aliphatic hydroxyl groups excluding tert-OH is 1. The van der Waals surface area contributed by atoms with Gasteiger partial charge in [-0.1, -0.05) is 57.6 Å². The molecule has 0 fully saturated rings. The number of carbonyl (C=O) groups excluding carboxylic acids is 1. The Balaban J connectivity index is 2.23. The fourth-order valence-corrected chi connectivity index (χ4v) is 3.44. The molecule has 0 saturated carbocycles. The predicted molar refractivity (Wildman–Crippen MR) is 119 cm³/mol. The molecule has 0 radical (unpaired) electrons. The highest BCUT2D eigenvalue weighted by atomic mass is 32.1. The van der Waals surface area contributed by atoms with Gasteiger partial charge >= 0.3 is 5.97 Å². The van der Waals surface area contributed by atoms with Crippen LogP contribution in [-0.4, -0.2) is 34.3 Å². The lowest BCUT2D eigenvalue weighted by Crippen LogP contribution is -2.21. The molecule has 1 unspecified atom stereocenters. The van der Waals surface area contributed by atoms with E-state index in [0.717, 1.165) is 51.4 Å². The summed E-state index contributed by atoms with van der Waals surface area (Å²) in [5.41, 5.74) is 0.223. The Kier molecular flexibility index (Phi) is 13.2. The van der Waals surface area contributed by atoms with Crippen LogP contribution in [0, 0.1) is 4.77 Å². The number of ether oxygens (including phenoxy) is 1. The first-order chi connectivity index (χ1) is 14.0. The minimum Gasteiger partial charge on any atom is -0.464 e. The van der Waals surface area contributed by atoms with E-state index >= 15 is 0 Å². The van der Waals surface area contributed by atoms with Gasteiger partial charge in [-0.25, -0.2) is 4.79 Å².